The SMILES string of the molecule is CCCCCCCC/C=C/CCCCCCCCCCCC(=O)OC[C@H](COP(=O)(O)OCCN)OC(=O)CCCCCCCCCCC/C=C/CCCCCCCC. The van der Waals surface area contributed by atoms with Gasteiger partial charge in [-0.15, -0.1) is 0 Å². The van der Waals surface area contributed by atoms with E-state index >= 15 is 0 Å². The number of rotatable bonds is 47. The average Bonchev–Trinajstić information content (AvgIpc) is 3.22. The molecule has 0 amide bonds. The van der Waals surface area contributed by atoms with E-state index in [0.717, 1.165) is 38.5 Å². The topological polar surface area (TPSA) is 134 Å². The fourth-order valence-electron chi connectivity index (χ4n) is 7.10. The fourth-order valence-corrected chi connectivity index (χ4v) is 7.86. The molecule has 0 aliphatic carbocycles. The molecule has 2 atom stereocenters. The van der Waals surface area contributed by atoms with Crippen molar-refractivity contribution in [1.29, 1.82) is 0 Å². The number of nitrogens with two attached hydrogens (primary N) is 1. The molecule has 10 heteroatoms. The number of unbranched alkanes of at least 4 members (excludes halogenated alkanes) is 30. The van der Waals surface area contributed by atoms with Crippen LogP contribution in [-0.4, -0.2) is 49.3 Å². The number of hydrogen-bond donors (Lipinski definition) is 2. The van der Waals surface area contributed by atoms with Gasteiger partial charge >= 0.3 is 19.8 Å². The van der Waals surface area contributed by atoms with Gasteiger partial charge in [0, 0.05) is 19.4 Å². The molecule has 0 bridgehead atoms. The molecule has 0 aliphatic heterocycles. The molecular weight excluding hydrogens is 762 g/mol. The van der Waals surface area contributed by atoms with Gasteiger partial charge in [-0.05, 0) is 64.2 Å². The van der Waals surface area contributed by atoms with Gasteiger partial charge in [0.05, 0.1) is 13.2 Å². The molecule has 59 heavy (non-hydrogen) atoms. The van der Waals surface area contributed by atoms with Crippen molar-refractivity contribution in [3.8, 4) is 0 Å². The Balaban J connectivity index is 4.05. The van der Waals surface area contributed by atoms with Crippen molar-refractivity contribution in [3.63, 3.8) is 0 Å². The first-order valence-corrected chi connectivity index (χ1v) is 26.3. The van der Waals surface area contributed by atoms with Gasteiger partial charge in [0.15, 0.2) is 6.10 Å². The summed E-state index contributed by atoms with van der Waals surface area (Å²) in [5, 5.41) is 0. The smallest absolute Gasteiger partial charge is 0.462 e. The Morgan fingerprint density at radius 2 is 0.831 bits per heavy atom. The lowest BCUT2D eigenvalue weighted by atomic mass is 10.1. The van der Waals surface area contributed by atoms with E-state index in [9.17, 15) is 19.0 Å². The summed E-state index contributed by atoms with van der Waals surface area (Å²) in [6, 6.07) is 0. The van der Waals surface area contributed by atoms with Crippen LogP contribution in [0, 0.1) is 0 Å². The molecular formula is C49H94NO8P. The monoisotopic (exact) mass is 856 g/mol. The molecule has 0 saturated heterocycles. The van der Waals surface area contributed by atoms with E-state index in [2.05, 4.69) is 38.2 Å². The van der Waals surface area contributed by atoms with Gasteiger partial charge in [-0.1, -0.05) is 192 Å². The normalized spacial score (nSPS) is 13.4. The lowest BCUT2D eigenvalue weighted by Crippen LogP contribution is -2.29. The van der Waals surface area contributed by atoms with Crippen LogP contribution in [0.3, 0.4) is 0 Å². The van der Waals surface area contributed by atoms with Crippen LogP contribution in [0.2, 0.25) is 0 Å². The van der Waals surface area contributed by atoms with Crippen molar-refractivity contribution in [2.45, 2.75) is 251 Å². The molecule has 3 N–H and O–H groups in total. The summed E-state index contributed by atoms with van der Waals surface area (Å²) in [4.78, 5) is 35.0. The van der Waals surface area contributed by atoms with E-state index in [1.54, 1.807) is 0 Å². The highest BCUT2D eigenvalue weighted by Gasteiger charge is 2.26. The van der Waals surface area contributed by atoms with E-state index < -0.39 is 26.5 Å². The Hall–Kier alpha value is -1.51. The third kappa shape index (κ3) is 45.8. The molecule has 0 aromatic rings. The lowest BCUT2D eigenvalue weighted by Gasteiger charge is -2.19. The van der Waals surface area contributed by atoms with Crippen molar-refractivity contribution >= 4 is 19.8 Å². The quantitative estimate of drug-likeness (QED) is 0.0265. The maximum atomic E-state index is 12.6. The van der Waals surface area contributed by atoms with E-state index in [1.807, 2.05) is 0 Å². The molecule has 1 unspecified atom stereocenters. The summed E-state index contributed by atoms with van der Waals surface area (Å²) in [5.41, 5.74) is 5.36. The van der Waals surface area contributed by atoms with E-state index in [-0.39, 0.29) is 38.6 Å². The van der Waals surface area contributed by atoms with Gasteiger partial charge in [-0.2, -0.15) is 0 Å². The summed E-state index contributed by atoms with van der Waals surface area (Å²) in [6.07, 6.45) is 50.6. The standard InChI is InChI=1S/C49H94NO8P/c1-3-5-7-9-11-13-15-17-19-21-23-25-27-29-31-33-35-37-39-41-48(51)55-45-47(46-57-59(53,54)56-44-43-50)58-49(52)42-40-38-36-34-32-30-28-26-24-22-20-18-16-14-12-10-8-6-4-2/h17-20,47H,3-16,21-46,50H2,1-2H3,(H,53,54)/b19-17+,20-18+/t47-/m1/s1. The summed E-state index contributed by atoms with van der Waals surface area (Å²) in [6.45, 7) is 3.76. The number of carbonyl (C=O) groups excluding carboxylic acids is 2. The highest BCUT2D eigenvalue weighted by molar-refractivity contribution is 7.47. The van der Waals surface area contributed by atoms with Crippen LogP contribution in [0.15, 0.2) is 24.3 Å². The van der Waals surface area contributed by atoms with Crippen LogP contribution in [0.4, 0.5) is 0 Å². The first kappa shape index (κ1) is 57.5. The second-order valence-electron chi connectivity index (χ2n) is 16.7. The number of esters is 2. The molecule has 0 aromatic heterocycles. The minimum atomic E-state index is -4.38. The zero-order chi connectivity index (χ0) is 43.2. The number of phosphoric ester groups is 1. The predicted molar refractivity (Wildman–Crippen MR) is 247 cm³/mol. The van der Waals surface area contributed by atoms with E-state index in [0.29, 0.717) is 6.42 Å². The zero-order valence-corrected chi connectivity index (χ0v) is 39.4. The summed E-state index contributed by atoms with van der Waals surface area (Å²) in [7, 11) is -4.38. The molecule has 0 fully saturated rings. The Labute approximate surface area is 363 Å². The largest absolute Gasteiger partial charge is 0.472 e. The van der Waals surface area contributed by atoms with E-state index in [1.165, 1.54) is 173 Å². The molecule has 9 nitrogen and oxygen atoms in total. The Morgan fingerprint density at radius 1 is 0.492 bits per heavy atom. The molecule has 348 valence electrons. The van der Waals surface area contributed by atoms with Crippen LogP contribution in [0.1, 0.15) is 245 Å². The Kier molecular flexibility index (Phi) is 44.8. The van der Waals surface area contributed by atoms with Crippen LogP contribution in [-0.2, 0) is 32.7 Å². The number of allylic oxidation sites excluding steroid dienone is 4. The maximum absolute atomic E-state index is 12.6. The van der Waals surface area contributed by atoms with Gasteiger partial charge in [0.2, 0.25) is 0 Å². The zero-order valence-electron chi connectivity index (χ0n) is 38.5. The molecule has 0 spiro atoms. The van der Waals surface area contributed by atoms with Gasteiger partial charge in [-0.25, -0.2) is 4.57 Å². The van der Waals surface area contributed by atoms with Crippen molar-refractivity contribution in [2.75, 3.05) is 26.4 Å². The Morgan fingerprint density at radius 3 is 1.20 bits per heavy atom. The molecule has 0 aromatic carbocycles. The third-order valence-electron chi connectivity index (χ3n) is 10.8. The van der Waals surface area contributed by atoms with E-state index in [4.69, 9.17) is 24.3 Å². The minimum absolute atomic E-state index is 0.0542. The highest BCUT2D eigenvalue weighted by atomic mass is 31.2. The molecule has 0 radical (unpaired) electrons. The molecule has 0 rings (SSSR count). The number of carbonyl (C=O) groups is 2. The van der Waals surface area contributed by atoms with Crippen molar-refractivity contribution in [2.24, 2.45) is 5.73 Å². The molecule has 0 aliphatic rings. The Bertz CT molecular complexity index is 1020. The van der Waals surface area contributed by atoms with Crippen LogP contribution < -0.4 is 5.73 Å². The van der Waals surface area contributed by atoms with Crippen LogP contribution >= 0.6 is 7.82 Å². The third-order valence-corrected chi connectivity index (χ3v) is 11.8. The number of phosphoric acid groups is 1. The minimum Gasteiger partial charge on any atom is -0.462 e. The average molecular weight is 856 g/mol. The second-order valence-corrected chi connectivity index (χ2v) is 18.1. The van der Waals surface area contributed by atoms with Crippen molar-refractivity contribution in [3.05, 3.63) is 24.3 Å². The van der Waals surface area contributed by atoms with Crippen LogP contribution in [0.25, 0.3) is 0 Å². The summed E-state index contributed by atoms with van der Waals surface area (Å²) >= 11 is 0. The van der Waals surface area contributed by atoms with Gasteiger partial charge in [0.25, 0.3) is 0 Å². The van der Waals surface area contributed by atoms with Gasteiger partial charge < -0.3 is 20.1 Å². The highest BCUT2D eigenvalue weighted by Crippen LogP contribution is 2.43. The second kappa shape index (κ2) is 46.0. The summed E-state index contributed by atoms with van der Waals surface area (Å²) < 4.78 is 32.9. The van der Waals surface area contributed by atoms with Crippen molar-refractivity contribution in [1.82, 2.24) is 0 Å². The first-order chi connectivity index (χ1) is 28.8. The lowest BCUT2D eigenvalue weighted by molar-refractivity contribution is -0.161. The predicted octanol–water partition coefficient (Wildman–Crippen LogP) is 14.7. The molecule has 0 heterocycles. The van der Waals surface area contributed by atoms with Crippen molar-refractivity contribution < 1.29 is 37.6 Å². The number of hydrogen-bond acceptors (Lipinski definition) is 8. The maximum Gasteiger partial charge on any atom is 0.472 e. The number of ether oxygens (including phenoxy) is 2. The van der Waals surface area contributed by atoms with Gasteiger partial charge in [0.1, 0.15) is 6.61 Å². The first-order valence-electron chi connectivity index (χ1n) is 24.8. The molecule has 0 saturated carbocycles. The van der Waals surface area contributed by atoms with Gasteiger partial charge in [-0.3, -0.25) is 18.6 Å². The van der Waals surface area contributed by atoms with Crippen LogP contribution in [0.5, 0.6) is 0 Å². The fraction of sp³-hybridized carbons (Fsp3) is 0.878. The summed E-state index contributed by atoms with van der Waals surface area (Å²) in [5.74, 6) is -0.823.